The van der Waals surface area contributed by atoms with Crippen molar-refractivity contribution in [3.63, 3.8) is 0 Å². The maximum Gasteiger partial charge on any atom is 0.235 e. The van der Waals surface area contributed by atoms with Crippen LogP contribution in [0.1, 0.15) is 5.56 Å². The third kappa shape index (κ3) is 3.40. The van der Waals surface area contributed by atoms with Gasteiger partial charge in [-0.1, -0.05) is 35.1 Å². The Hall–Kier alpha value is -1.66. The van der Waals surface area contributed by atoms with Crippen LogP contribution in [0, 0.1) is 6.92 Å². The van der Waals surface area contributed by atoms with Gasteiger partial charge in [0.15, 0.2) is 5.96 Å². The third-order valence-electron chi connectivity index (χ3n) is 1.90. The van der Waals surface area contributed by atoms with E-state index < -0.39 is 0 Å². The predicted octanol–water partition coefficient (Wildman–Crippen LogP) is 1.84. The third-order valence-corrected chi connectivity index (χ3v) is 2.77. The van der Waals surface area contributed by atoms with Crippen LogP contribution < -0.4 is 11.5 Å². The van der Waals surface area contributed by atoms with Crippen molar-refractivity contribution in [2.75, 3.05) is 0 Å². The fraction of sp³-hybridized carbons (Fsp3) is 0.100. The molecule has 0 fully saturated rings. The molecule has 0 atom stereocenters. The van der Waals surface area contributed by atoms with Crippen LogP contribution in [0.2, 0.25) is 0 Å². The zero-order chi connectivity index (χ0) is 11.5. The van der Waals surface area contributed by atoms with Gasteiger partial charge in [0.2, 0.25) is 5.13 Å². The Kier molecular flexibility index (Phi) is 4.42. The molecule has 4 N–H and O–H groups in total. The van der Waals surface area contributed by atoms with Crippen LogP contribution in [0.15, 0.2) is 29.3 Å². The summed E-state index contributed by atoms with van der Waals surface area (Å²) in [5, 5.41) is 9.19. The van der Waals surface area contributed by atoms with E-state index >= 15 is 0 Å². The first-order valence-electron chi connectivity index (χ1n) is 4.65. The van der Waals surface area contributed by atoms with Crippen LogP contribution in [0.5, 0.6) is 0 Å². The Morgan fingerprint density at radius 1 is 1.29 bits per heavy atom. The topological polar surface area (TPSA) is 90.2 Å². The smallest absolute Gasteiger partial charge is 0.235 e. The first-order valence-corrected chi connectivity index (χ1v) is 5.47. The number of guanidine groups is 1. The van der Waals surface area contributed by atoms with Crippen molar-refractivity contribution in [2.24, 2.45) is 16.5 Å². The monoisotopic (exact) mass is 269 g/mol. The van der Waals surface area contributed by atoms with Crippen LogP contribution in [0.25, 0.3) is 10.6 Å². The van der Waals surface area contributed by atoms with Crippen molar-refractivity contribution < 1.29 is 0 Å². The van der Waals surface area contributed by atoms with Crippen LogP contribution >= 0.6 is 23.7 Å². The van der Waals surface area contributed by atoms with E-state index in [4.69, 9.17) is 11.5 Å². The average Bonchev–Trinajstić information content (AvgIpc) is 2.65. The summed E-state index contributed by atoms with van der Waals surface area (Å²) in [5.41, 5.74) is 12.7. The zero-order valence-corrected chi connectivity index (χ0v) is 10.8. The molecule has 17 heavy (non-hydrogen) atoms. The zero-order valence-electron chi connectivity index (χ0n) is 9.12. The minimum atomic E-state index is -0.00746. The molecule has 5 nitrogen and oxygen atoms in total. The van der Waals surface area contributed by atoms with Gasteiger partial charge in [-0.3, -0.25) is 0 Å². The standard InChI is InChI=1S/C10H11N5S.ClH/c1-6-3-2-4-7(5-6)8-14-15-10(16-8)13-9(11)12;/h2-5H,1H3,(H4,11,12,13,15);1H. The quantitative estimate of drug-likeness (QED) is 0.643. The van der Waals surface area contributed by atoms with Gasteiger partial charge in [0.25, 0.3) is 0 Å². The van der Waals surface area contributed by atoms with Gasteiger partial charge in [0.1, 0.15) is 5.01 Å². The van der Waals surface area contributed by atoms with Gasteiger partial charge in [-0.05, 0) is 13.0 Å². The second-order valence-electron chi connectivity index (χ2n) is 3.30. The molecular weight excluding hydrogens is 258 g/mol. The molecule has 2 aromatic rings. The lowest BCUT2D eigenvalue weighted by atomic mass is 10.1. The van der Waals surface area contributed by atoms with Gasteiger partial charge in [0.05, 0.1) is 0 Å². The average molecular weight is 270 g/mol. The molecular formula is C10H12ClN5S. The van der Waals surface area contributed by atoms with E-state index in [2.05, 4.69) is 15.2 Å². The Labute approximate surface area is 109 Å². The largest absolute Gasteiger partial charge is 0.370 e. The molecule has 7 heteroatoms. The molecule has 90 valence electrons. The van der Waals surface area contributed by atoms with E-state index in [0.29, 0.717) is 5.13 Å². The molecule has 0 amide bonds. The summed E-state index contributed by atoms with van der Waals surface area (Å²) in [7, 11) is 0. The molecule has 1 heterocycles. The first-order chi connectivity index (χ1) is 7.65. The summed E-state index contributed by atoms with van der Waals surface area (Å²) in [6.07, 6.45) is 0. The SMILES string of the molecule is Cc1cccc(-c2nnc(N=C(N)N)s2)c1.Cl. The first kappa shape index (κ1) is 13.4. The number of nitrogens with two attached hydrogens (primary N) is 2. The van der Waals surface area contributed by atoms with Crippen molar-refractivity contribution in [3.8, 4) is 10.6 Å². The summed E-state index contributed by atoms with van der Waals surface area (Å²) < 4.78 is 0. The van der Waals surface area contributed by atoms with E-state index in [-0.39, 0.29) is 18.4 Å². The van der Waals surface area contributed by atoms with Crippen molar-refractivity contribution >= 4 is 34.8 Å². The second kappa shape index (κ2) is 5.60. The molecule has 0 aliphatic carbocycles. The Morgan fingerprint density at radius 2 is 2.06 bits per heavy atom. The lowest BCUT2D eigenvalue weighted by Crippen LogP contribution is -2.21. The van der Waals surface area contributed by atoms with Gasteiger partial charge in [-0.25, -0.2) is 0 Å². The predicted molar refractivity (Wildman–Crippen MR) is 72.8 cm³/mol. The number of hydrogen-bond donors (Lipinski definition) is 2. The van der Waals surface area contributed by atoms with E-state index in [0.717, 1.165) is 10.6 Å². The van der Waals surface area contributed by atoms with Crippen LogP contribution in [0.4, 0.5) is 5.13 Å². The molecule has 1 aromatic heterocycles. The lowest BCUT2D eigenvalue weighted by molar-refractivity contribution is 1.08. The molecule has 0 unspecified atom stereocenters. The summed E-state index contributed by atoms with van der Waals surface area (Å²) in [6.45, 7) is 2.03. The highest BCUT2D eigenvalue weighted by molar-refractivity contribution is 7.18. The Morgan fingerprint density at radius 3 is 2.71 bits per heavy atom. The molecule has 2 rings (SSSR count). The van der Waals surface area contributed by atoms with Gasteiger partial charge in [-0.2, -0.15) is 4.99 Å². The Bertz CT molecular complexity index is 533. The number of nitrogens with zero attached hydrogens (tertiary/aromatic N) is 3. The number of aromatic nitrogens is 2. The number of aryl methyl sites for hydroxylation is 1. The summed E-state index contributed by atoms with van der Waals surface area (Å²) in [6, 6.07) is 8.03. The van der Waals surface area contributed by atoms with Crippen molar-refractivity contribution in [2.45, 2.75) is 6.92 Å². The fourth-order valence-electron chi connectivity index (χ4n) is 1.27. The molecule has 0 radical (unpaired) electrons. The molecule has 0 aliphatic rings. The highest BCUT2D eigenvalue weighted by Crippen LogP contribution is 2.28. The van der Waals surface area contributed by atoms with Crippen molar-refractivity contribution in [3.05, 3.63) is 29.8 Å². The van der Waals surface area contributed by atoms with E-state index in [1.807, 2.05) is 31.2 Å². The number of benzene rings is 1. The molecule has 0 saturated heterocycles. The van der Waals surface area contributed by atoms with E-state index in [1.165, 1.54) is 16.9 Å². The molecule has 0 aliphatic heterocycles. The number of aliphatic imine (C=N–C) groups is 1. The fourth-order valence-corrected chi connectivity index (χ4v) is 2.00. The summed E-state index contributed by atoms with van der Waals surface area (Å²) in [4.78, 5) is 3.85. The highest BCUT2D eigenvalue weighted by atomic mass is 35.5. The molecule has 0 saturated carbocycles. The lowest BCUT2D eigenvalue weighted by Gasteiger charge is -1.95. The number of rotatable bonds is 2. The highest BCUT2D eigenvalue weighted by Gasteiger charge is 2.05. The number of halogens is 1. The molecule has 0 spiro atoms. The van der Waals surface area contributed by atoms with Gasteiger partial charge in [0, 0.05) is 5.56 Å². The van der Waals surface area contributed by atoms with E-state index in [9.17, 15) is 0 Å². The number of hydrogen-bond acceptors (Lipinski definition) is 4. The van der Waals surface area contributed by atoms with Crippen LogP contribution in [0.3, 0.4) is 0 Å². The summed E-state index contributed by atoms with van der Waals surface area (Å²) >= 11 is 1.35. The normalized spacial score (nSPS) is 9.47. The van der Waals surface area contributed by atoms with Crippen LogP contribution in [-0.2, 0) is 0 Å². The van der Waals surface area contributed by atoms with Gasteiger partial charge in [-0.15, -0.1) is 22.6 Å². The van der Waals surface area contributed by atoms with Crippen molar-refractivity contribution in [1.82, 2.24) is 10.2 Å². The summed E-state index contributed by atoms with van der Waals surface area (Å²) in [5.74, 6) is -0.00746. The minimum absolute atomic E-state index is 0. The maximum absolute atomic E-state index is 5.26. The molecule has 1 aromatic carbocycles. The van der Waals surface area contributed by atoms with Gasteiger partial charge < -0.3 is 11.5 Å². The maximum atomic E-state index is 5.26. The Balaban J connectivity index is 0.00000144. The van der Waals surface area contributed by atoms with E-state index in [1.54, 1.807) is 0 Å². The van der Waals surface area contributed by atoms with Gasteiger partial charge >= 0.3 is 0 Å². The molecule has 0 bridgehead atoms. The van der Waals surface area contributed by atoms with Crippen LogP contribution in [-0.4, -0.2) is 16.2 Å². The minimum Gasteiger partial charge on any atom is -0.370 e. The van der Waals surface area contributed by atoms with Crippen molar-refractivity contribution in [1.29, 1.82) is 0 Å². The second-order valence-corrected chi connectivity index (χ2v) is 4.25.